The van der Waals surface area contributed by atoms with E-state index in [0.717, 1.165) is 0 Å². The first-order chi connectivity index (χ1) is 8.87. The van der Waals surface area contributed by atoms with Crippen molar-refractivity contribution >= 4 is 0 Å². The molecule has 0 radical (unpaired) electrons. The number of hydrogen-bond donors (Lipinski definition) is 5. The molecule has 0 aromatic heterocycles. The highest BCUT2D eigenvalue weighted by Crippen LogP contribution is 2.26. The van der Waals surface area contributed by atoms with E-state index in [1.807, 2.05) is 0 Å². The Morgan fingerprint density at radius 1 is 1.42 bits per heavy atom. The van der Waals surface area contributed by atoms with Gasteiger partial charge in [-0.3, -0.25) is 0 Å². The van der Waals surface area contributed by atoms with Gasteiger partial charge >= 0.3 is 0 Å². The highest BCUT2D eigenvalue weighted by Gasteiger charge is 2.41. The van der Waals surface area contributed by atoms with E-state index in [-0.39, 0.29) is 12.6 Å². The Bertz CT molecular complexity index is 257. The van der Waals surface area contributed by atoms with Crippen molar-refractivity contribution in [2.45, 2.75) is 57.0 Å². The zero-order valence-electron chi connectivity index (χ0n) is 11.5. The van der Waals surface area contributed by atoms with Crippen molar-refractivity contribution in [3.63, 3.8) is 0 Å². The maximum absolute atomic E-state index is 9.72. The second-order valence-corrected chi connectivity index (χ2v) is 5.22. The summed E-state index contributed by atoms with van der Waals surface area (Å²) in [6, 6.07) is -0.193. The lowest BCUT2D eigenvalue weighted by Gasteiger charge is -2.24. The van der Waals surface area contributed by atoms with Crippen LogP contribution < -0.4 is 5.32 Å². The summed E-state index contributed by atoms with van der Waals surface area (Å²) in [5, 5.41) is 40.2. The number of nitrogens with one attached hydrogen (secondary N) is 1. The topological polar surface area (TPSA) is 111 Å². The van der Waals surface area contributed by atoms with Crippen molar-refractivity contribution in [3.8, 4) is 0 Å². The molecule has 1 unspecified atom stereocenters. The maximum Gasteiger partial charge on any atom is 0.163 e. The number of aliphatic hydroxyl groups is 4. The van der Waals surface area contributed by atoms with E-state index in [4.69, 9.17) is 19.7 Å². The van der Waals surface area contributed by atoms with Gasteiger partial charge in [-0.25, -0.2) is 0 Å². The molecule has 0 aromatic rings. The van der Waals surface area contributed by atoms with Crippen LogP contribution >= 0.6 is 0 Å². The van der Waals surface area contributed by atoms with Crippen LogP contribution in [0.4, 0.5) is 0 Å². The fourth-order valence-corrected chi connectivity index (χ4v) is 2.09. The molecule has 19 heavy (non-hydrogen) atoms. The Morgan fingerprint density at radius 2 is 2.11 bits per heavy atom. The SMILES string of the molecule is CC(C)(O)O[C@@H]1C[C@H](NCCCO)C([C@@H](O)CO)O1. The number of rotatable bonds is 8. The summed E-state index contributed by atoms with van der Waals surface area (Å²) >= 11 is 0. The van der Waals surface area contributed by atoms with Gasteiger partial charge in [0.1, 0.15) is 12.2 Å². The predicted molar refractivity (Wildman–Crippen MR) is 67.2 cm³/mol. The lowest BCUT2D eigenvalue weighted by Crippen LogP contribution is -2.45. The maximum atomic E-state index is 9.72. The van der Waals surface area contributed by atoms with Gasteiger partial charge in [0.15, 0.2) is 12.1 Å². The molecule has 114 valence electrons. The molecule has 0 aromatic carbocycles. The highest BCUT2D eigenvalue weighted by atomic mass is 16.7. The van der Waals surface area contributed by atoms with Crippen molar-refractivity contribution in [3.05, 3.63) is 0 Å². The van der Waals surface area contributed by atoms with Crippen molar-refractivity contribution < 1.29 is 29.9 Å². The average Bonchev–Trinajstić information content (AvgIpc) is 2.69. The summed E-state index contributed by atoms with van der Waals surface area (Å²) in [4.78, 5) is 0. The van der Waals surface area contributed by atoms with E-state index in [9.17, 15) is 10.2 Å². The van der Waals surface area contributed by atoms with Crippen molar-refractivity contribution in [1.29, 1.82) is 0 Å². The van der Waals surface area contributed by atoms with Crippen LogP contribution in [0.1, 0.15) is 26.7 Å². The summed E-state index contributed by atoms with van der Waals surface area (Å²) in [7, 11) is 0. The van der Waals surface area contributed by atoms with E-state index in [0.29, 0.717) is 19.4 Å². The Balaban J connectivity index is 2.54. The molecule has 0 spiro atoms. The van der Waals surface area contributed by atoms with Crippen molar-refractivity contribution in [2.24, 2.45) is 0 Å². The smallest absolute Gasteiger partial charge is 0.163 e. The second kappa shape index (κ2) is 7.49. The standard InChI is InChI=1S/C12H25NO6/c1-12(2,17)19-10-6-8(13-4-3-5-14)11(18-10)9(16)7-15/h8-11,13-17H,3-7H2,1-2H3/t8-,9-,10+,11?/m0/s1. The van der Waals surface area contributed by atoms with Gasteiger partial charge in [-0.1, -0.05) is 0 Å². The zero-order valence-corrected chi connectivity index (χ0v) is 11.5. The molecule has 1 fully saturated rings. The predicted octanol–water partition coefficient (Wildman–Crippen LogP) is -1.46. The number of aliphatic hydroxyl groups excluding tert-OH is 3. The Hall–Kier alpha value is -0.280. The van der Waals surface area contributed by atoms with E-state index in [2.05, 4.69) is 5.32 Å². The third-order valence-corrected chi connectivity index (χ3v) is 2.88. The van der Waals surface area contributed by atoms with Crippen LogP contribution in [-0.4, -0.2) is 70.5 Å². The van der Waals surface area contributed by atoms with Crippen LogP contribution in [0.5, 0.6) is 0 Å². The third-order valence-electron chi connectivity index (χ3n) is 2.88. The van der Waals surface area contributed by atoms with Crippen LogP contribution in [0.15, 0.2) is 0 Å². The second-order valence-electron chi connectivity index (χ2n) is 5.22. The molecule has 1 saturated heterocycles. The minimum Gasteiger partial charge on any atom is -0.396 e. The normalized spacial score (nSPS) is 29.7. The molecule has 0 bridgehead atoms. The zero-order chi connectivity index (χ0) is 14.5. The Morgan fingerprint density at radius 3 is 2.63 bits per heavy atom. The van der Waals surface area contributed by atoms with E-state index >= 15 is 0 Å². The molecule has 4 atom stereocenters. The molecule has 7 heteroatoms. The lowest BCUT2D eigenvalue weighted by atomic mass is 10.1. The van der Waals surface area contributed by atoms with Crippen LogP contribution in [0.25, 0.3) is 0 Å². The number of ether oxygens (including phenoxy) is 2. The summed E-state index contributed by atoms with van der Waals surface area (Å²) in [6.45, 7) is 3.25. The minimum atomic E-state index is -1.32. The quantitative estimate of drug-likeness (QED) is 0.273. The number of hydrogen-bond acceptors (Lipinski definition) is 7. The molecule has 1 aliphatic rings. The fourth-order valence-electron chi connectivity index (χ4n) is 2.09. The van der Waals surface area contributed by atoms with Gasteiger partial charge in [0.25, 0.3) is 0 Å². The first kappa shape index (κ1) is 16.8. The lowest BCUT2D eigenvalue weighted by molar-refractivity contribution is -0.273. The Labute approximate surface area is 113 Å². The van der Waals surface area contributed by atoms with Gasteiger partial charge in [0.2, 0.25) is 0 Å². The third kappa shape index (κ3) is 5.70. The molecule has 1 heterocycles. The van der Waals surface area contributed by atoms with E-state index < -0.39 is 30.9 Å². The first-order valence-electron chi connectivity index (χ1n) is 6.56. The van der Waals surface area contributed by atoms with Crippen LogP contribution in [0, 0.1) is 0 Å². The average molecular weight is 279 g/mol. The molecule has 7 nitrogen and oxygen atoms in total. The minimum absolute atomic E-state index is 0.0808. The molecule has 0 amide bonds. The molecule has 1 rings (SSSR count). The van der Waals surface area contributed by atoms with Gasteiger partial charge < -0.3 is 35.2 Å². The molecule has 5 N–H and O–H groups in total. The summed E-state index contributed by atoms with van der Waals surface area (Å²) in [5.74, 6) is -1.32. The molecule has 0 saturated carbocycles. The highest BCUT2D eigenvalue weighted by molar-refractivity contribution is 4.89. The summed E-state index contributed by atoms with van der Waals surface area (Å²) in [6.07, 6.45) is -1.21. The van der Waals surface area contributed by atoms with Crippen molar-refractivity contribution in [2.75, 3.05) is 19.8 Å². The van der Waals surface area contributed by atoms with Gasteiger partial charge in [0.05, 0.1) is 6.61 Å². The Kier molecular flexibility index (Phi) is 6.61. The fraction of sp³-hybridized carbons (Fsp3) is 1.00. The van der Waals surface area contributed by atoms with Gasteiger partial charge in [0, 0.05) is 19.1 Å². The summed E-state index contributed by atoms with van der Waals surface area (Å²) < 4.78 is 10.8. The van der Waals surface area contributed by atoms with Crippen LogP contribution in [-0.2, 0) is 9.47 Å². The van der Waals surface area contributed by atoms with E-state index in [1.54, 1.807) is 0 Å². The summed E-state index contributed by atoms with van der Waals surface area (Å²) in [5.41, 5.74) is 0. The van der Waals surface area contributed by atoms with Gasteiger partial charge in [-0.15, -0.1) is 0 Å². The first-order valence-corrected chi connectivity index (χ1v) is 6.56. The molecule has 0 aliphatic carbocycles. The molecular weight excluding hydrogens is 254 g/mol. The monoisotopic (exact) mass is 279 g/mol. The van der Waals surface area contributed by atoms with Gasteiger partial charge in [-0.05, 0) is 26.8 Å². The van der Waals surface area contributed by atoms with Gasteiger partial charge in [-0.2, -0.15) is 0 Å². The van der Waals surface area contributed by atoms with Crippen LogP contribution in [0.2, 0.25) is 0 Å². The van der Waals surface area contributed by atoms with E-state index in [1.165, 1.54) is 13.8 Å². The largest absolute Gasteiger partial charge is 0.396 e. The molecule has 1 aliphatic heterocycles. The van der Waals surface area contributed by atoms with Crippen molar-refractivity contribution in [1.82, 2.24) is 5.32 Å². The molecular formula is C12H25NO6. The van der Waals surface area contributed by atoms with Crippen LogP contribution in [0.3, 0.4) is 0 Å².